The number of carbonyl (C=O) groups is 1. The Hall–Kier alpha value is -1.14. The number of nitrogens with two attached hydrogens (primary N) is 1. The van der Waals surface area contributed by atoms with Crippen molar-refractivity contribution in [2.45, 2.75) is 37.8 Å². The van der Waals surface area contributed by atoms with Crippen LogP contribution in [-0.4, -0.2) is 16.9 Å². The summed E-state index contributed by atoms with van der Waals surface area (Å²) < 4.78 is 0. The average Bonchev–Trinajstić information content (AvgIpc) is 3.09. The lowest BCUT2D eigenvalue weighted by atomic mass is 9.92. The van der Waals surface area contributed by atoms with Gasteiger partial charge in [0.05, 0.1) is 17.5 Å². The molecule has 1 amide bonds. The fourth-order valence-corrected chi connectivity index (χ4v) is 3.50. The Morgan fingerprint density at radius 2 is 2.04 bits per heavy atom. The van der Waals surface area contributed by atoms with Crippen molar-refractivity contribution < 1.29 is 4.79 Å². The predicted octanol–water partition coefficient (Wildman–Crippen LogP) is 3.01. The molecule has 0 spiro atoms. The molecule has 126 valence electrons. The molecule has 0 saturated heterocycles. The molecule has 0 fully saturated rings. The second kappa shape index (κ2) is 7.62. The van der Waals surface area contributed by atoms with Crippen molar-refractivity contribution in [1.29, 1.82) is 0 Å². The van der Waals surface area contributed by atoms with Crippen LogP contribution in [0.4, 0.5) is 0 Å². The summed E-state index contributed by atoms with van der Waals surface area (Å²) in [5.74, 6) is -0.0225. The molecule has 3 rings (SSSR count). The lowest BCUT2D eigenvalue weighted by Gasteiger charge is -2.25. The van der Waals surface area contributed by atoms with E-state index in [1.807, 2.05) is 37.4 Å². The molecular weight excluding hydrogens is 353 g/mol. The first-order valence-corrected chi connectivity index (χ1v) is 7.92. The van der Waals surface area contributed by atoms with Crippen molar-refractivity contribution >= 4 is 42.1 Å². The molecule has 23 heavy (non-hydrogen) atoms. The smallest absolute Gasteiger partial charge is 0.232 e. The third-order valence-corrected chi connectivity index (χ3v) is 5.24. The quantitative estimate of drug-likeness (QED) is 0.868. The number of fused-ring (bicyclic) bond motifs is 1. The van der Waals surface area contributed by atoms with E-state index >= 15 is 0 Å². The Bertz CT molecular complexity index is 661. The number of carbonyl (C=O) groups excluding carboxylic acids is 1. The Morgan fingerprint density at radius 3 is 2.65 bits per heavy atom. The largest absolute Gasteiger partial charge is 0.350 e. The van der Waals surface area contributed by atoms with Crippen LogP contribution in [0.15, 0.2) is 35.8 Å². The molecule has 1 aliphatic rings. The number of amides is 1. The summed E-state index contributed by atoms with van der Waals surface area (Å²) in [5, 5.41) is 5.82. The normalized spacial score (nSPS) is 19.3. The fourth-order valence-electron chi connectivity index (χ4n) is 2.74. The Morgan fingerprint density at radius 1 is 1.35 bits per heavy atom. The highest BCUT2D eigenvalue weighted by atomic mass is 35.5. The van der Waals surface area contributed by atoms with Crippen molar-refractivity contribution in [3.05, 3.63) is 52.0 Å². The minimum absolute atomic E-state index is 0. The van der Waals surface area contributed by atoms with Gasteiger partial charge >= 0.3 is 0 Å². The van der Waals surface area contributed by atoms with E-state index in [9.17, 15) is 4.79 Å². The lowest BCUT2D eigenvalue weighted by Crippen LogP contribution is -2.48. The maximum atomic E-state index is 12.6. The van der Waals surface area contributed by atoms with Gasteiger partial charge in [0.1, 0.15) is 5.01 Å². The van der Waals surface area contributed by atoms with E-state index < -0.39 is 5.41 Å². The molecule has 0 radical (unpaired) electrons. The van der Waals surface area contributed by atoms with E-state index in [-0.39, 0.29) is 42.8 Å². The van der Waals surface area contributed by atoms with Gasteiger partial charge in [0, 0.05) is 11.6 Å². The maximum Gasteiger partial charge on any atom is 0.232 e. The summed E-state index contributed by atoms with van der Waals surface area (Å²) in [5.41, 5.74) is 8.00. The molecule has 3 N–H and O–H groups in total. The van der Waals surface area contributed by atoms with Crippen molar-refractivity contribution in [2.75, 3.05) is 0 Å². The van der Waals surface area contributed by atoms with Crippen molar-refractivity contribution in [3.8, 4) is 0 Å². The summed E-state index contributed by atoms with van der Waals surface area (Å²) >= 11 is 1.50. The first-order chi connectivity index (χ1) is 10.00. The van der Waals surface area contributed by atoms with Crippen LogP contribution in [0.3, 0.4) is 0 Å². The number of rotatable bonds is 3. The molecule has 2 atom stereocenters. The van der Waals surface area contributed by atoms with Crippen LogP contribution >= 0.6 is 36.2 Å². The first kappa shape index (κ1) is 19.9. The molecule has 1 aliphatic carbocycles. The molecule has 1 aromatic carbocycles. The number of nitrogens with one attached hydrogen (secondary N) is 1. The molecular formula is C16H21Cl2N3OS. The minimum atomic E-state index is -0.636. The van der Waals surface area contributed by atoms with Crippen LogP contribution in [-0.2, 0) is 16.6 Å². The van der Waals surface area contributed by atoms with Gasteiger partial charge in [0.25, 0.3) is 0 Å². The van der Waals surface area contributed by atoms with Crippen LogP contribution < -0.4 is 11.1 Å². The minimum Gasteiger partial charge on any atom is -0.350 e. The number of hydrogen-bond donors (Lipinski definition) is 2. The van der Waals surface area contributed by atoms with Gasteiger partial charge in [-0.05, 0) is 31.4 Å². The molecule has 2 aromatic rings. The van der Waals surface area contributed by atoms with E-state index in [1.54, 1.807) is 6.20 Å². The number of hydrogen-bond acceptors (Lipinski definition) is 4. The molecule has 1 aromatic heterocycles. The number of nitrogens with zero attached hydrogens (tertiary/aromatic N) is 1. The number of halogens is 2. The van der Waals surface area contributed by atoms with E-state index in [0.717, 1.165) is 17.0 Å². The van der Waals surface area contributed by atoms with Crippen LogP contribution in [0.25, 0.3) is 0 Å². The van der Waals surface area contributed by atoms with Crippen LogP contribution in [0, 0.1) is 0 Å². The summed E-state index contributed by atoms with van der Waals surface area (Å²) in [6, 6.07) is 7.93. The lowest BCUT2D eigenvalue weighted by molar-refractivity contribution is -0.126. The van der Waals surface area contributed by atoms with Gasteiger partial charge in [-0.15, -0.1) is 36.2 Å². The Balaban J connectivity index is 0.00000132. The second-order valence-electron chi connectivity index (χ2n) is 5.97. The van der Waals surface area contributed by atoms with Gasteiger partial charge in [-0.3, -0.25) is 4.79 Å². The standard InChI is InChI=1S/C16H19N3OS.2ClH/c1-16(2,15-18-7-8-21-15)14(20)19-12-9-10-5-3-4-6-11(10)13(12)17;;/h3-8,12-13H,9,17H2,1-2H3,(H,19,20);2*1H/t12-,13-;;/m1../s1. The molecule has 0 saturated carbocycles. The van der Waals surface area contributed by atoms with Crippen LogP contribution in [0.1, 0.15) is 36.0 Å². The number of thiazole rings is 1. The predicted molar refractivity (Wildman–Crippen MR) is 98.6 cm³/mol. The number of aromatic nitrogens is 1. The highest BCUT2D eigenvalue weighted by molar-refractivity contribution is 7.09. The van der Waals surface area contributed by atoms with Gasteiger partial charge in [0.2, 0.25) is 5.91 Å². The SMILES string of the molecule is CC(C)(C(=O)N[C@@H]1Cc2ccccc2[C@H]1N)c1nccs1.Cl.Cl. The van der Waals surface area contributed by atoms with Gasteiger partial charge in [-0.1, -0.05) is 24.3 Å². The van der Waals surface area contributed by atoms with Crippen LogP contribution in [0.5, 0.6) is 0 Å². The maximum absolute atomic E-state index is 12.6. The zero-order valence-electron chi connectivity index (χ0n) is 13.0. The second-order valence-corrected chi connectivity index (χ2v) is 6.87. The van der Waals surface area contributed by atoms with Crippen molar-refractivity contribution in [2.24, 2.45) is 5.73 Å². The van der Waals surface area contributed by atoms with E-state index in [4.69, 9.17) is 5.73 Å². The van der Waals surface area contributed by atoms with Gasteiger partial charge < -0.3 is 11.1 Å². The van der Waals surface area contributed by atoms with Crippen LogP contribution in [0.2, 0.25) is 0 Å². The monoisotopic (exact) mass is 373 g/mol. The molecule has 0 bridgehead atoms. The highest BCUT2D eigenvalue weighted by Gasteiger charge is 2.37. The zero-order valence-corrected chi connectivity index (χ0v) is 15.4. The summed E-state index contributed by atoms with van der Waals surface area (Å²) in [6.45, 7) is 3.80. The van der Waals surface area contributed by atoms with E-state index in [2.05, 4.69) is 16.4 Å². The van der Waals surface area contributed by atoms with Crippen molar-refractivity contribution in [3.63, 3.8) is 0 Å². The summed E-state index contributed by atoms with van der Waals surface area (Å²) in [7, 11) is 0. The third kappa shape index (κ3) is 3.69. The third-order valence-electron chi connectivity index (χ3n) is 4.14. The highest BCUT2D eigenvalue weighted by Crippen LogP contribution is 2.31. The Kier molecular flexibility index (Phi) is 6.59. The average molecular weight is 374 g/mol. The Labute approximate surface area is 152 Å². The topological polar surface area (TPSA) is 68.0 Å². The fraction of sp³-hybridized carbons (Fsp3) is 0.375. The molecule has 1 heterocycles. The van der Waals surface area contributed by atoms with E-state index in [0.29, 0.717) is 0 Å². The zero-order chi connectivity index (χ0) is 15.0. The van der Waals surface area contributed by atoms with Gasteiger partial charge in [-0.2, -0.15) is 0 Å². The summed E-state index contributed by atoms with van der Waals surface area (Å²) in [4.78, 5) is 16.9. The van der Waals surface area contributed by atoms with Crippen molar-refractivity contribution in [1.82, 2.24) is 10.3 Å². The van der Waals surface area contributed by atoms with Gasteiger partial charge in [0.15, 0.2) is 0 Å². The van der Waals surface area contributed by atoms with Gasteiger partial charge in [-0.25, -0.2) is 4.98 Å². The number of benzene rings is 1. The molecule has 0 aliphatic heterocycles. The molecule has 7 heteroatoms. The molecule has 0 unspecified atom stereocenters. The molecule has 4 nitrogen and oxygen atoms in total. The summed E-state index contributed by atoms with van der Waals surface area (Å²) in [6.07, 6.45) is 2.52. The first-order valence-electron chi connectivity index (χ1n) is 7.04. The van der Waals surface area contributed by atoms with E-state index in [1.165, 1.54) is 16.9 Å².